The van der Waals surface area contributed by atoms with Gasteiger partial charge in [-0.3, -0.25) is 19.0 Å². The Morgan fingerprint density at radius 1 is 1.35 bits per heavy atom. The number of nitrogens with zero attached hydrogens (tertiary/aromatic N) is 4. The highest BCUT2D eigenvalue weighted by Crippen LogP contribution is 2.17. The maximum absolute atomic E-state index is 12.4. The number of carbonyl (C=O) groups excluding carboxylic acids is 1. The van der Waals surface area contributed by atoms with Crippen molar-refractivity contribution in [1.82, 2.24) is 29.7 Å². The molecule has 0 saturated heterocycles. The van der Waals surface area contributed by atoms with Crippen LogP contribution in [0, 0.1) is 0 Å². The summed E-state index contributed by atoms with van der Waals surface area (Å²) in [6, 6.07) is 4.94. The van der Waals surface area contributed by atoms with Gasteiger partial charge < -0.3 is 10.3 Å². The number of carbonyl (C=O) groups is 1. The lowest BCUT2D eigenvalue weighted by molar-refractivity contribution is 0.0937. The third-order valence-electron chi connectivity index (χ3n) is 3.85. The molecule has 4 aromatic heterocycles. The van der Waals surface area contributed by atoms with Crippen molar-refractivity contribution >= 4 is 22.2 Å². The number of aromatic nitrogens is 5. The van der Waals surface area contributed by atoms with Crippen LogP contribution in [0.5, 0.6) is 0 Å². The highest BCUT2D eigenvalue weighted by atomic mass is 32.1. The van der Waals surface area contributed by atoms with Crippen molar-refractivity contribution in [2.75, 3.05) is 0 Å². The van der Waals surface area contributed by atoms with E-state index in [0.29, 0.717) is 11.5 Å². The van der Waals surface area contributed by atoms with Crippen LogP contribution in [-0.2, 0) is 0 Å². The number of amides is 1. The molecule has 0 aliphatic heterocycles. The first-order valence-electron chi connectivity index (χ1n) is 7.85. The number of thiazole rings is 1. The second-order valence-corrected chi connectivity index (χ2v) is 6.52. The van der Waals surface area contributed by atoms with Crippen LogP contribution < -0.4 is 10.9 Å². The van der Waals surface area contributed by atoms with Gasteiger partial charge in [-0.15, -0.1) is 11.3 Å². The topological polar surface area (TPSA) is 105 Å². The molecule has 130 valence electrons. The third kappa shape index (κ3) is 3.00. The highest BCUT2D eigenvalue weighted by molar-refractivity contribution is 7.15. The lowest BCUT2D eigenvalue weighted by atomic mass is 10.2. The minimum absolute atomic E-state index is 0.0578. The van der Waals surface area contributed by atoms with E-state index in [4.69, 9.17) is 0 Å². The standard InChI is InChI=1S/C17H14N6O2S/c1-10(13-9-23-6-7-26-17(23)21-13)20-15(24)11-8-19-14(22-16(11)25)12-4-2-3-5-18-12/h2-10H,1H3,(H,20,24)(H,19,22,25)/t10-/m0/s1. The predicted molar refractivity (Wildman–Crippen MR) is 97.0 cm³/mol. The molecule has 0 bridgehead atoms. The van der Waals surface area contributed by atoms with E-state index in [0.717, 1.165) is 10.7 Å². The molecular formula is C17H14N6O2S. The number of nitrogens with one attached hydrogen (secondary N) is 2. The summed E-state index contributed by atoms with van der Waals surface area (Å²) in [5.74, 6) is -0.190. The van der Waals surface area contributed by atoms with E-state index in [-0.39, 0.29) is 11.6 Å². The molecule has 4 heterocycles. The Morgan fingerprint density at radius 2 is 2.23 bits per heavy atom. The molecule has 0 aromatic carbocycles. The van der Waals surface area contributed by atoms with Gasteiger partial charge in [0.05, 0.1) is 11.7 Å². The fourth-order valence-corrected chi connectivity index (χ4v) is 3.20. The maximum atomic E-state index is 12.4. The van der Waals surface area contributed by atoms with E-state index in [1.165, 1.54) is 17.5 Å². The van der Waals surface area contributed by atoms with Gasteiger partial charge in [-0.1, -0.05) is 6.07 Å². The number of aromatic amines is 1. The van der Waals surface area contributed by atoms with E-state index in [2.05, 4.69) is 25.3 Å². The van der Waals surface area contributed by atoms with Crippen LogP contribution in [-0.4, -0.2) is 30.2 Å². The number of pyridine rings is 1. The van der Waals surface area contributed by atoms with Crippen molar-refractivity contribution in [3.05, 3.63) is 70.0 Å². The second kappa shape index (κ2) is 6.52. The number of hydrogen-bond donors (Lipinski definition) is 2. The summed E-state index contributed by atoms with van der Waals surface area (Å²) in [7, 11) is 0. The molecule has 26 heavy (non-hydrogen) atoms. The highest BCUT2D eigenvalue weighted by Gasteiger charge is 2.18. The normalized spacial score (nSPS) is 12.2. The molecule has 2 N–H and O–H groups in total. The maximum Gasteiger partial charge on any atom is 0.264 e. The van der Waals surface area contributed by atoms with Gasteiger partial charge in [0.15, 0.2) is 10.8 Å². The summed E-state index contributed by atoms with van der Waals surface area (Å²) in [6.07, 6.45) is 6.61. The molecule has 1 amide bonds. The Hall–Kier alpha value is -3.33. The first-order valence-corrected chi connectivity index (χ1v) is 8.73. The summed E-state index contributed by atoms with van der Waals surface area (Å²) >= 11 is 1.51. The van der Waals surface area contributed by atoms with E-state index in [1.807, 2.05) is 29.1 Å². The number of rotatable bonds is 4. The molecule has 0 aliphatic carbocycles. The molecule has 0 spiro atoms. The zero-order valence-electron chi connectivity index (χ0n) is 13.7. The molecule has 0 fully saturated rings. The molecular weight excluding hydrogens is 352 g/mol. The second-order valence-electron chi connectivity index (χ2n) is 5.64. The van der Waals surface area contributed by atoms with Crippen molar-refractivity contribution in [3.8, 4) is 11.5 Å². The average Bonchev–Trinajstić information content (AvgIpc) is 3.24. The molecule has 4 rings (SSSR count). The molecule has 8 nitrogen and oxygen atoms in total. The molecule has 9 heteroatoms. The summed E-state index contributed by atoms with van der Waals surface area (Å²) in [6.45, 7) is 1.81. The smallest absolute Gasteiger partial charge is 0.264 e. The lowest BCUT2D eigenvalue weighted by Crippen LogP contribution is -2.32. The van der Waals surface area contributed by atoms with E-state index in [9.17, 15) is 9.59 Å². The number of hydrogen-bond acceptors (Lipinski definition) is 6. The summed E-state index contributed by atoms with van der Waals surface area (Å²) in [5.41, 5.74) is 0.677. The first-order chi connectivity index (χ1) is 12.6. The first kappa shape index (κ1) is 16.2. The van der Waals surface area contributed by atoms with Gasteiger partial charge >= 0.3 is 0 Å². The van der Waals surface area contributed by atoms with Crippen LogP contribution in [0.4, 0.5) is 0 Å². The summed E-state index contributed by atoms with van der Waals surface area (Å²) < 4.78 is 1.89. The van der Waals surface area contributed by atoms with E-state index in [1.54, 1.807) is 24.4 Å². The van der Waals surface area contributed by atoms with Crippen molar-refractivity contribution in [2.45, 2.75) is 13.0 Å². The van der Waals surface area contributed by atoms with Crippen molar-refractivity contribution in [1.29, 1.82) is 0 Å². The van der Waals surface area contributed by atoms with E-state index >= 15 is 0 Å². The largest absolute Gasteiger partial charge is 0.344 e. The fraction of sp³-hybridized carbons (Fsp3) is 0.118. The fourth-order valence-electron chi connectivity index (χ4n) is 2.49. The molecule has 4 aromatic rings. The van der Waals surface area contributed by atoms with Gasteiger partial charge in [-0.25, -0.2) is 9.97 Å². The van der Waals surface area contributed by atoms with Crippen LogP contribution in [0.3, 0.4) is 0 Å². The van der Waals surface area contributed by atoms with Gasteiger partial charge in [0.1, 0.15) is 11.3 Å². The van der Waals surface area contributed by atoms with E-state index < -0.39 is 11.5 Å². The average molecular weight is 366 g/mol. The van der Waals surface area contributed by atoms with Gasteiger partial charge in [-0.2, -0.15) is 0 Å². The predicted octanol–water partition coefficient (Wildman–Crippen LogP) is 2.03. The summed E-state index contributed by atoms with van der Waals surface area (Å²) in [5, 5.41) is 4.71. The minimum Gasteiger partial charge on any atom is -0.344 e. The van der Waals surface area contributed by atoms with Crippen LogP contribution >= 0.6 is 11.3 Å². The molecule has 0 radical (unpaired) electrons. The summed E-state index contributed by atoms with van der Waals surface area (Å²) in [4.78, 5) is 40.9. The lowest BCUT2D eigenvalue weighted by Gasteiger charge is -2.11. The van der Waals surface area contributed by atoms with Crippen LogP contribution in [0.1, 0.15) is 29.0 Å². The van der Waals surface area contributed by atoms with Crippen LogP contribution in [0.2, 0.25) is 0 Å². The molecule has 0 saturated carbocycles. The molecule has 0 unspecified atom stereocenters. The third-order valence-corrected chi connectivity index (χ3v) is 4.63. The Labute approximate surface area is 151 Å². The van der Waals surface area contributed by atoms with Gasteiger partial charge in [0, 0.05) is 30.2 Å². The Morgan fingerprint density at radius 3 is 2.96 bits per heavy atom. The number of fused-ring (bicyclic) bond motifs is 1. The van der Waals surface area contributed by atoms with Crippen LogP contribution in [0.25, 0.3) is 16.5 Å². The van der Waals surface area contributed by atoms with Gasteiger partial charge in [-0.05, 0) is 19.1 Å². The Kier molecular flexibility index (Phi) is 4.05. The SMILES string of the molecule is C[C@H](NC(=O)c1cnc(-c2ccccn2)[nH]c1=O)c1cn2ccsc2n1. The monoisotopic (exact) mass is 366 g/mol. The Bertz CT molecular complexity index is 1100. The Balaban J connectivity index is 1.54. The zero-order valence-corrected chi connectivity index (χ0v) is 14.5. The quantitative estimate of drug-likeness (QED) is 0.575. The van der Waals surface area contributed by atoms with Gasteiger partial charge in [0.25, 0.3) is 11.5 Å². The minimum atomic E-state index is -0.517. The van der Waals surface area contributed by atoms with Crippen molar-refractivity contribution < 1.29 is 4.79 Å². The molecule has 0 aliphatic rings. The number of H-pyrrole nitrogens is 1. The van der Waals surface area contributed by atoms with Crippen molar-refractivity contribution in [2.24, 2.45) is 0 Å². The van der Waals surface area contributed by atoms with Crippen LogP contribution in [0.15, 0.2) is 53.2 Å². The van der Waals surface area contributed by atoms with Gasteiger partial charge in [0.2, 0.25) is 0 Å². The zero-order chi connectivity index (χ0) is 18.1. The number of imidazole rings is 1. The molecule has 1 atom stereocenters. The van der Waals surface area contributed by atoms with Crippen molar-refractivity contribution in [3.63, 3.8) is 0 Å².